The molecule has 1 heterocycles. The third-order valence-corrected chi connectivity index (χ3v) is 12.4. The Kier molecular flexibility index (Phi) is 5.86. The van der Waals surface area contributed by atoms with Crippen molar-refractivity contribution in [3.8, 4) is 33.4 Å². The molecule has 264 valence electrons. The summed E-state index contributed by atoms with van der Waals surface area (Å²) in [7, 11) is 0. The average molecular weight is 740 g/mol. The summed E-state index contributed by atoms with van der Waals surface area (Å²) in [6, 6.07) is 48.4. The maximum atomic E-state index is 10.1. The molecule has 10 aromatic rings. The molecule has 9 aromatic carbocycles. The fraction of sp³-hybridized carbons (Fsp3) is 0.0370. The van der Waals surface area contributed by atoms with Crippen LogP contribution in [0.3, 0.4) is 0 Å². The summed E-state index contributed by atoms with van der Waals surface area (Å²) in [6.45, 7) is 2.17. The van der Waals surface area contributed by atoms with Crippen molar-refractivity contribution in [3.63, 3.8) is 0 Å². The highest BCUT2D eigenvalue weighted by atomic mass is 32.1. The molecule has 1 aliphatic carbocycles. The summed E-state index contributed by atoms with van der Waals surface area (Å²) in [6.07, 6.45) is 0. The molecule has 56 heavy (non-hydrogen) atoms. The van der Waals surface area contributed by atoms with Gasteiger partial charge in [0.15, 0.2) is 0 Å². The Morgan fingerprint density at radius 3 is 2.05 bits per heavy atom. The first-order valence-corrected chi connectivity index (χ1v) is 19.5. The molecule has 1 nitrogen and oxygen atoms in total. The van der Waals surface area contributed by atoms with Gasteiger partial charge < -0.3 is 4.90 Å². The quantitative estimate of drug-likeness (QED) is 0.164. The zero-order chi connectivity index (χ0) is 44.2. The molecule has 0 fully saturated rings. The lowest BCUT2D eigenvalue weighted by Gasteiger charge is -2.31. The Balaban J connectivity index is 1.24. The lowest BCUT2D eigenvalue weighted by Crippen LogP contribution is -2.22. The van der Waals surface area contributed by atoms with Crippen molar-refractivity contribution >= 4 is 59.3 Å². The largest absolute Gasteiger partial charge is 0.310 e. The zero-order valence-electron chi connectivity index (χ0n) is 38.4. The summed E-state index contributed by atoms with van der Waals surface area (Å²) >= 11 is 1.60. The second-order valence-electron chi connectivity index (χ2n) is 14.4. The molecule has 0 N–H and O–H groups in total. The normalized spacial score (nSPS) is 16.6. The number of fused-ring (bicyclic) bond motifs is 7. The van der Waals surface area contributed by atoms with Gasteiger partial charge in [-0.15, -0.1) is 11.3 Å². The van der Waals surface area contributed by atoms with Crippen molar-refractivity contribution < 1.29 is 11.0 Å². The number of thiophene rings is 1. The van der Waals surface area contributed by atoms with Gasteiger partial charge in [0, 0.05) is 42.6 Å². The van der Waals surface area contributed by atoms with Gasteiger partial charge in [0.2, 0.25) is 0 Å². The van der Waals surface area contributed by atoms with Crippen LogP contribution in [0.2, 0.25) is 0 Å². The maximum absolute atomic E-state index is 10.1. The smallest absolute Gasteiger partial charge is 0.0651 e. The van der Waals surface area contributed by atoms with E-state index in [1.54, 1.807) is 17.4 Å². The monoisotopic (exact) mass is 739 g/mol. The van der Waals surface area contributed by atoms with Crippen LogP contribution in [0.15, 0.2) is 206 Å². The summed E-state index contributed by atoms with van der Waals surface area (Å²) in [5.74, 6) is 0. The highest BCUT2D eigenvalue weighted by Crippen LogP contribution is 2.54. The number of nitrogens with zero attached hydrogens (tertiary/aromatic N) is 1. The minimum Gasteiger partial charge on any atom is -0.310 e. The number of anilines is 3. The van der Waals surface area contributed by atoms with Gasteiger partial charge in [-0.25, -0.2) is 0 Å². The molecule has 1 aromatic heterocycles. The predicted molar refractivity (Wildman–Crippen MR) is 240 cm³/mol. The SMILES string of the molecule is [2H]c1c([2H])c(-c2cccc3sc4ccccc4c23)c([2H])c(N(c2ccc3c(c2)C(C)(c2ccccc2)c2ccccc2-3)c2c([2H])c([2H])c(-c3cccc4ccccc34)c([2H])c2[2H])c1[2H]. The molecule has 11 rings (SSSR count). The standard InChI is InChI=1S/C54H37NS/c1-54(39-17-3-2-4-18-39)49-25-9-7-21-46(49)47-33-32-42(35-50(47)54)55(40-30-28-37(29-31-40)44-23-12-15-36-14-5-6-20-43(36)44)41-19-11-16-38(34-41)45-24-13-27-52-53(45)48-22-8-10-26-51(48)56-52/h2-35H,1H3/i11D,16D,19D,28D,29D,30D,31D,34D. The summed E-state index contributed by atoms with van der Waals surface area (Å²) in [5.41, 5.74) is 5.90. The molecule has 0 aliphatic heterocycles. The Morgan fingerprint density at radius 1 is 0.482 bits per heavy atom. The van der Waals surface area contributed by atoms with Crippen LogP contribution in [-0.2, 0) is 5.41 Å². The minimum absolute atomic E-state index is 0.122. The van der Waals surface area contributed by atoms with Crippen molar-refractivity contribution in [2.45, 2.75) is 12.3 Å². The van der Waals surface area contributed by atoms with Crippen LogP contribution >= 0.6 is 11.3 Å². The Bertz CT molecular complexity index is 3550. The van der Waals surface area contributed by atoms with Crippen LogP contribution in [0.4, 0.5) is 17.1 Å². The average Bonchev–Trinajstić information content (AvgIpc) is 3.83. The topological polar surface area (TPSA) is 3.24 Å². The van der Waals surface area contributed by atoms with E-state index in [2.05, 4.69) is 31.2 Å². The molecule has 1 atom stereocenters. The molecule has 0 saturated carbocycles. The molecular formula is C54H37NS. The second-order valence-corrected chi connectivity index (χ2v) is 15.4. The van der Waals surface area contributed by atoms with E-state index in [4.69, 9.17) is 0 Å². The lowest BCUT2D eigenvalue weighted by atomic mass is 9.74. The van der Waals surface area contributed by atoms with Gasteiger partial charge in [0.1, 0.15) is 0 Å². The van der Waals surface area contributed by atoms with Gasteiger partial charge in [-0.3, -0.25) is 0 Å². The minimum atomic E-state index is -0.665. The van der Waals surface area contributed by atoms with E-state index in [0.717, 1.165) is 58.8 Å². The molecule has 0 amide bonds. The van der Waals surface area contributed by atoms with E-state index in [1.165, 1.54) is 4.90 Å². The third kappa shape index (κ3) is 5.07. The first-order chi connectivity index (χ1) is 31.0. The number of benzene rings is 9. The van der Waals surface area contributed by atoms with Gasteiger partial charge >= 0.3 is 0 Å². The summed E-state index contributed by atoms with van der Waals surface area (Å²) < 4.78 is 79.4. The lowest BCUT2D eigenvalue weighted by molar-refractivity contribution is 0.714. The van der Waals surface area contributed by atoms with Gasteiger partial charge in [0.25, 0.3) is 0 Å². The summed E-state index contributed by atoms with van der Waals surface area (Å²) in [4.78, 5) is 1.47. The van der Waals surface area contributed by atoms with Gasteiger partial charge in [-0.2, -0.15) is 0 Å². The van der Waals surface area contributed by atoms with Crippen LogP contribution in [0.1, 0.15) is 34.6 Å². The Hall–Kier alpha value is -6.74. The van der Waals surface area contributed by atoms with Crippen molar-refractivity contribution in [3.05, 3.63) is 223 Å². The van der Waals surface area contributed by atoms with E-state index in [0.29, 0.717) is 16.8 Å². The van der Waals surface area contributed by atoms with Gasteiger partial charge in [-0.1, -0.05) is 158 Å². The van der Waals surface area contributed by atoms with E-state index in [-0.39, 0.29) is 58.8 Å². The molecular weight excluding hydrogens is 695 g/mol. The molecule has 2 heteroatoms. The van der Waals surface area contributed by atoms with Crippen molar-refractivity contribution in [1.82, 2.24) is 0 Å². The van der Waals surface area contributed by atoms with E-state index >= 15 is 0 Å². The third-order valence-electron chi connectivity index (χ3n) is 11.3. The molecule has 0 spiro atoms. The van der Waals surface area contributed by atoms with Crippen LogP contribution in [0.25, 0.3) is 64.3 Å². The highest BCUT2D eigenvalue weighted by molar-refractivity contribution is 7.25. The molecule has 0 saturated heterocycles. The van der Waals surface area contributed by atoms with Crippen LogP contribution in [0.5, 0.6) is 0 Å². The number of hydrogen-bond donors (Lipinski definition) is 0. The van der Waals surface area contributed by atoms with Crippen LogP contribution in [-0.4, -0.2) is 0 Å². The fourth-order valence-corrected chi connectivity index (χ4v) is 9.76. The van der Waals surface area contributed by atoms with Gasteiger partial charge in [-0.05, 0) is 116 Å². The molecule has 1 unspecified atom stereocenters. The number of rotatable bonds is 6. The van der Waals surface area contributed by atoms with Crippen molar-refractivity contribution in [2.24, 2.45) is 0 Å². The predicted octanol–water partition coefficient (Wildman–Crippen LogP) is 15.3. The molecule has 1 aliphatic rings. The van der Waals surface area contributed by atoms with E-state index in [1.807, 2.05) is 127 Å². The van der Waals surface area contributed by atoms with Crippen molar-refractivity contribution in [2.75, 3.05) is 4.90 Å². The Morgan fingerprint density at radius 2 is 1.16 bits per heavy atom. The first kappa shape index (κ1) is 25.4. The highest BCUT2D eigenvalue weighted by Gasteiger charge is 2.41. The van der Waals surface area contributed by atoms with Crippen LogP contribution < -0.4 is 4.90 Å². The van der Waals surface area contributed by atoms with E-state index in [9.17, 15) is 11.0 Å². The van der Waals surface area contributed by atoms with Crippen LogP contribution in [0, 0.1) is 0 Å². The molecule has 0 radical (unpaired) electrons. The zero-order valence-corrected chi connectivity index (χ0v) is 31.2. The number of hydrogen-bond acceptors (Lipinski definition) is 2. The first-order valence-electron chi connectivity index (χ1n) is 22.7. The maximum Gasteiger partial charge on any atom is 0.0651 e. The van der Waals surface area contributed by atoms with Crippen molar-refractivity contribution in [1.29, 1.82) is 0 Å². The second kappa shape index (κ2) is 12.9. The Labute approximate surface area is 342 Å². The van der Waals surface area contributed by atoms with Gasteiger partial charge in [0.05, 0.1) is 11.0 Å². The van der Waals surface area contributed by atoms with E-state index < -0.39 is 17.5 Å². The fourth-order valence-electron chi connectivity index (χ4n) is 8.63. The molecule has 0 bridgehead atoms. The summed E-state index contributed by atoms with van der Waals surface area (Å²) in [5, 5.41) is 3.44.